The molecule has 0 aliphatic carbocycles. The second-order valence-electron chi connectivity index (χ2n) is 5.91. The third-order valence-corrected chi connectivity index (χ3v) is 3.33. The van der Waals surface area contributed by atoms with Gasteiger partial charge in [-0.25, -0.2) is 4.79 Å². The molecule has 1 unspecified atom stereocenters. The van der Waals surface area contributed by atoms with E-state index in [0.29, 0.717) is 12.1 Å². The lowest BCUT2D eigenvalue weighted by Crippen LogP contribution is -2.43. The number of alkyl halides is 3. The van der Waals surface area contributed by atoms with Gasteiger partial charge < -0.3 is 10.2 Å². The van der Waals surface area contributed by atoms with Crippen molar-refractivity contribution in [3.63, 3.8) is 0 Å². The molecule has 2 rings (SSSR count). The van der Waals surface area contributed by atoms with Crippen molar-refractivity contribution in [1.82, 2.24) is 10.2 Å². The minimum atomic E-state index is -4.37. The number of carbonyl (C=O) groups is 1. The van der Waals surface area contributed by atoms with Gasteiger partial charge in [-0.3, -0.25) is 0 Å². The molecule has 0 radical (unpaired) electrons. The lowest BCUT2D eigenvalue weighted by molar-refractivity contribution is -0.137. The van der Waals surface area contributed by atoms with Gasteiger partial charge in [-0.2, -0.15) is 13.2 Å². The molecule has 1 heterocycles. The normalized spacial score (nSPS) is 20.2. The van der Waals surface area contributed by atoms with Gasteiger partial charge in [0.2, 0.25) is 0 Å². The van der Waals surface area contributed by atoms with Crippen LogP contribution in [0.15, 0.2) is 24.3 Å². The highest BCUT2D eigenvalue weighted by Gasteiger charge is 2.37. The van der Waals surface area contributed by atoms with E-state index >= 15 is 0 Å². The number of amides is 2. The number of carbonyl (C=O) groups excluding carboxylic acids is 1. The summed E-state index contributed by atoms with van der Waals surface area (Å²) in [6.45, 7) is 6.03. The van der Waals surface area contributed by atoms with Crippen molar-refractivity contribution in [2.45, 2.75) is 38.5 Å². The molecule has 0 aromatic heterocycles. The lowest BCUT2D eigenvalue weighted by atomic mass is 10.0. The van der Waals surface area contributed by atoms with Gasteiger partial charge in [0.15, 0.2) is 0 Å². The molecule has 1 aliphatic heterocycles. The van der Waals surface area contributed by atoms with E-state index in [-0.39, 0.29) is 11.6 Å². The van der Waals surface area contributed by atoms with Crippen LogP contribution in [-0.4, -0.2) is 23.0 Å². The van der Waals surface area contributed by atoms with Gasteiger partial charge in [0.05, 0.1) is 11.6 Å². The molecule has 0 spiro atoms. The Balaban J connectivity index is 2.24. The summed E-state index contributed by atoms with van der Waals surface area (Å²) in [6.07, 6.45) is -4.37. The van der Waals surface area contributed by atoms with Crippen LogP contribution in [0.5, 0.6) is 0 Å². The minimum absolute atomic E-state index is 0.250. The van der Waals surface area contributed by atoms with E-state index in [4.69, 9.17) is 0 Å². The summed E-state index contributed by atoms with van der Waals surface area (Å²) in [5.41, 5.74) is -0.584. The standard InChI is InChI=1S/C14H17F3N2O/c1-13(2,3)19-8-11(18-12(19)20)9-5-4-6-10(7-9)14(15,16)17/h4-7,11H,8H2,1-3H3,(H,18,20). The maximum absolute atomic E-state index is 12.7. The molecular weight excluding hydrogens is 269 g/mol. The second-order valence-corrected chi connectivity index (χ2v) is 5.91. The van der Waals surface area contributed by atoms with Crippen molar-refractivity contribution in [3.8, 4) is 0 Å². The van der Waals surface area contributed by atoms with Crippen LogP contribution in [0.3, 0.4) is 0 Å². The number of hydrogen-bond donors (Lipinski definition) is 1. The Kier molecular flexibility index (Phi) is 3.44. The molecule has 1 N–H and O–H groups in total. The molecule has 1 atom stereocenters. The van der Waals surface area contributed by atoms with E-state index in [1.54, 1.807) is 11.0 Å². The molecule has 3 nitrogen and oxygen atoms in total. The van der Waals surface area contributed by atoms with Crippen LogP contribution in [0.25, 0.3) is 0 Å². The molecule has 6 heteroatoms. The first-order valence-corrected chi connectivity index (χ1v) is 6.34. The summed E-state index contributed by atoms with van der Waals surface area (Å²) in [6, 6.07) is 4.43. The average molecular weight is 286 g/mol. The SMILES string of the molecule is CC(C)(C)N1CC(c2cccc(C(F)(F)F)c2)NC1=O. The van der Waals surface area contributed by atoms with E-state index in [0.717, 1.165) is 12.1 Å². The molecule has 20 heavy (non-hydrogen) atoms. The quantitative estimate of drug-likeness (QED) is 0.841. The first-order chi connectivity index (χ1) is 9.09. The Morgan fingerprint density at radius 3 is 2.40 bits per heavy atom. The van der Waals surface area contributed by atoms with Crippen LogP contribution in [0.4, 0.5) is 18.0 Å². The number of hydrogen-bond acceptors (Lipinski definition) is 1. The summed E-state index contributed by atoms with van der Waals surface area (Å²) in [5.74, 6) is 0. The van der Waals surface area contributed by atoms with Crippen molar-refractivity contribution in [2.75, 3.05) is 6.54 Å². The monoisotopic (exact) mass is 286 g/mol. The first kappa shape index (κ1) is 14.7. The van der Waals surface area contributed by atoms with Gasteiger partial charge in [-0.05, 0) is 38.5 Å². The maximum Gasteiger partial charge on any atom is 0.416 e. The molecular formula is C14H17F3N2O. The zero-order valence-corrected chi connectivity index (χ0v) is 11.6. The van der Waals surface area contributed by atoms with E-state index in [1.807, 2.05) is 20.8 Å². The zero-order chi connectivity index (χ0) is 15.1. The van der Waals surface area contributed by atoms with Gasteiger partial charge in [0, 0.05) is 12.1 Å². The lowest BCUT2D eigenvalue weighted by Gasteiger charge is -2.30. The highest BCUT2D eigenvalue weighted by atomic mass is 19.4. The van der Waals surface area contributed by atoms with E-state index in [2.05, 4.69) is 5.32 Å². The predicted octanol–water partition coefficient (Wildman–Crippen LogP) is 3.57. The number of nitrogens with one attached hydrogen (secondary N) is 1. The van der Waals surface area contributed by atoms with Crippen molar-refractivity contribution < 1.29 is 18.0 Å². The molecule has 1 aromatic carbocycles. The Morgan fingerprint density at radius 1 is 1.25 bits per heavy atom. The summed E-state index contributed by atoms with van der Waals surface area (Å²) >= 11 is 0. The van der Waals surface area contributed by atoms with Crippen molar-refractivity contribution >= 4 is 6.03 Å². The van der Waals surface area contributed by atoms with Crippen LogP contribution in [0.1, 0.15) is 37.9 Å². The fourth-order valence-corrected chi connectivity index (χ4v) is 2.24. The van der Waals surface area contributed by atoms with Crippen molar-refractivity contribution in [1.29, 1.82) is 0 Å². The summed E-state index contributed by atoms with van der Waals surface area (Å²) < 4.78 is 38.1. The van der Waals surface area contributed by atoms with Gasteiger partial charge in [0.1, 0.15) is 0 Å². The third kappa shape index (κ3) is 2.89. The highest BCUT2D eigenvalue weighted by molar-refractivity contribution is 5.78. The highest BCUT2D eigenvalue weighted by Crippen LogP contribution is 2.32. The number of rotatable bonds is 1. The van der Waals surface area contributed by atoms with Crippen LogP contribution in [-0.2, 0) is 6.18 Å². The molecule has 1 fully saturated rings. The minimum Gasteiger partial charge on any atom is -0.329 e. The van der Waals surface area contributed by atoms with Crippen molar-refractivity contribution in [3.05, 3.63) is 35.4 Å². The maximum atomic E-state index is 12.7. The molecule has 2 amide bonds. The smallest absolute Gasteiger partial charge is 0.329 e. The Morgan fingerprint density at radius 2 is 1.90 bits per heavy atom. The van der Waals surface area contributed by atoms with E-state index in [9.17, 15) is 18.0 Å². The largest absolute Gasteiger partial charge is 0.416 e. The number of halogens is 3. The third-order valence-electron chi connectivity index (χ3n) is 3.33. The van der Waals surface area contributed by atoms with Crippen LogP contribution in [0, 0.1) is 0 Å². The van der Waals surface area contributed by atoms with Crippen molar-refractivity contribution in [2.24, 2.45) is 0 Å². The average Bonchev–Trinajstić information content (AvgIpc) is 2.70. The summed E-state index contributed by atoms with van der Waals surface area (Å²) in [5, 5.41) is 2.73. The zero-order valence-electron chi connectivity index (χ0n) is 11.6. The topological polar surface area (TPSA) is 32.3 Å². The molecule has 0 bridgehead atoms. The fraction of sp³-hybridized carbons (Fsp3) is 0.500. The molecule has 1 aromatic rings. The molecule has 110 valence electrons. The predicted molar refractivity (Wildman–Crippen MR) is 69.2 cm³/mol. The summed E-state index contributed by atoms with van der Waals surface area (Å²) in [4.78, 5) is 13.5. The second kappa shape index (κ2) is 4.68. The van der Waals surface area contributed by atoms with Gasteiger partial charge >= 0.3 is 12.2 Å². The molecule has 1 aliphatic rings. The molecule has 0 saturated carbocycles. The van der Waals surface area contributed by atoms with Crippen LogP contribution >= 0.6 is 0 Å². The van der Waals surface area contributed by atoms with E-state index < -0.39 is 17.8 Å². The van der Waals surface area contributed by atoms with E-state index in [1.165, 1.54) is 6.07 Å². The number of nitrogens with zero attached hydrogens (tertiary/aromatic N) is 1. The number of benzene rings is 1. The first-order valence-electron chi connectivity index (χ1n) is 6.34. The van der Waals surface area contributed by atoms with Crippen LogP contribution < -0.4 is 5.32 Å². The van der Waals surface area contributed by atoms with Gasteiger partial charge in [-0.1, -0.05) is 12.1 Å². The Labute approximate surface area is 115 Å². The number of urea groups is 1. The fourth-order valence-electron chi connectivity index (χ4n) is 2.24. The Bertz CT molecular complexity index is 520. The van der Waals surface area contributed by atoms with Crippen LogP contribution in [0.2, 0.25) is 0 Å². The molecule has 1 saturated heterocycles. The van der Waals surface area contributed by atoms with Gasteiger partial charge in [-0.15, -0.1) is 0 Å². The Hall–Kier alpha value is -1.72. The summed E-state index contributed by atoms with van der Waals surface area (Å²) in [7, 11) is 0. The van der Waals surface area contributed by atoms with Gasteiger partial charge in [0.25, 0.3) is 0 Å².